The number of nitrogens with one attached hydrogen (secondary N) is 1. The molecule has 3 aliphatic rings. The summed E-state index contributed by atoms with van der Waals surface area (Å²) < 4.78 is 0. The van der Waals surface area contributed by atoms with Crippen molar-refractivity contribution in [2.24, 2.45) is 23.7 Å². The van der Waals surface area contributed by atoms with Crippen LogP contribution in [-0.4, -0.2) is 34.5 Å². The van der Waals surface area contributed by atoms with Crippen LogP contribution in [0.4, 0.5) is 0 Å². The Morgan fingerprint density at radius 1 is 1.14 bits per heavy atom. The molecule has 0 spiro atoms. The summed E-state index contributed by atoms with van der Waals surface area (Å²) in [4.78, 5) is 24.1. The largest absolute Gasteiger partial charge is 0.481 e. The highest BCUT2D eigenvalue weighted by Gasteiger charge is 2.51. The third-order valence-corrected chi connectivity index (χ3v) is 6.45. The molecule has 3 aliphatic carbocycles. The van der Waals surface area contributed by atoms with Gasteiger partial charge in [-0.15, -0.1) is 0 Å². The molecule has 0 aromatic heterocycles. The van der Waals surface area contributed by atoms with Crippen LogP contribution in [0.1, 0.15) is 32.1 Å². The highest BCUT2D eigenvalue weighted by molar-refractivity contribution is 7.99. The van der Waals surface area contributed by atoms with Gasteiger partial charge >= 0.3 is 5.97 Å². The van der Waals surface area contributed by atoms with E-state index in [1.807, 2.05) is 23.9 Å². The highest BCUT2D eigenvalue weighted by Crippen LogP contribution is 2.48. The molecule has 116 valence electrons. The molecule has 4 unspecified atom stereocenters. The van der Waals surface area contributed by atoms with Gasteiger partial charge < -0.3 is 10.4 Å². The fraction of sp³-hybridized carbons (Fsp3) is 0.750. The number of fused-ring (bicyclic) bond motifs is 2. The number of hydrogen-bond acceptors (Lipinski definition) is 3. The molecular weight excluding hydrogens is 286 g/mol. The fourth-order valence-electron chi connectivity index (χ4n) is 4.30. The van der Waals surface area contributed by atoms with E-state index < -0.39 is 11.9 Å². The van der Waals surface area contributed by atoms with E-state index in [2.05, 4.69) is 11.6 Å². The molecule has 0 radical (unpaired) electrons. The molecule has 1 amide bonds. The van der Waals surface area contributed by atoms with Crippen LogP contribution in [-0.2, 0) is 9.59 Å². The first kappa shape index (κ1) is 14.9. The van der Waals surface area contributed by atoms with Gasteiger partial charge in [0, 0.05) is 11.3 Å². The van der Waals surface area contributed by atoms with Gasteiger partial charge in [0.2, 0.25) is 5.91 Å². The van der Waals surface area contributed by atoms with Gasteiger partial charge in [-0.3, -0.25) is 9.59 Å². The van der Waals surface area contributed by atoms with E-state index in [1.165, 1.54) is 6.42 Å². The summed E-state index contributed by atoms with van der Waals surface area (Å²) in [5, 5.41) is 13.2. The minimum absolute atomic E-state index is 0.0361. The quantitative estimate of drug-likeness (QED) is 0.782. The maximum Gasteiger partial charge on any atom is 0.307 e. The molecule has 5 heteroatoms. The van der Waals surface area contributed by atoms with Crippen LogP contribution in [0, 0.1) is 23.7 Å². The number of hydrogen-bond donors (Lipinski definition) is 2. The summed E-state index contributed by atoms with van der Waals surface area (Å²) in [7, 11) is 0. The lowest BCUT2D eigenvalue weighted by Gasteiger charge is -2.31. The molecule has 2 bridgehead atoms. The van der Waals surface area contributed by atoms with Gasteiger partial charge in [-0.1, -0.05) is 18.6 Å². The van der Waals surface area contributed by atoms with Crippen molar-refractivity contribution in [3.8, 4) is 0 Å². The van der Waals surface area contributed by atoms with Gasteiger partial charge in [-0.2, -0.15) is 11.8 Å². The molecule has 2 N–H and O–H groups in total. The average molecular weight is 309 g/mol. The van der Waals surface area contributed by atoms with Crippen molar-refractivity contribution in [3.05, 3.63) is 12.2 Å². The van der Waals surface area contributed by atoms with E-state index in [-0.39, 0.29) is 29.7 Å². The molecule has 6 atom stereocenters. The predicted octanol–water partition coefficient (Wildman–Crippen LogP) is 2.30. The van der Waals surface area contributed by atoms with Crippen LogP contribution in [0.5, 0.6) is 0 Å². The normalized spacial score (nSPS) is 41.2. The summed E-state index contributed by atoms with van der Waals surface area (Å²) in [6.07, 6.45) is 11.4. The van der Waals surface area contributed by atoms with E-state index in [4.69, 9.17) is 0 Å². The molecule has 2 fully saturated rings. The maximum atomic E-state index is 12.6. The zero-order chi connectivity index (χ0) is 15.0. The average Bonchev–Trinajstić information content (AvgIpc) is 3.07. The molecule has 2 saturated carbocycles. The number of thioether (sulfide) groups is 1. The molecule has 4 nitrogen and oxygen atoms in total. The summed E-state index contributed by atoms with van der Waals surface area (Å²) in [5.41, 5.74) is 0. The monoisotopic (exact) mass is 309 g/mol. The number of carbonyl (C=O) groups excluding carboxylic acids is 1. The molecule has 3 rings (SSSR count). The Kier molecular flexibility index (Phi) is 4.29. The van der Waals surface area contributed by atoms with Gasteiger partial charge in [-0.25, -0.2) is 0 Å². The number of rotatable bonds is 4. The summed E-state index contributed by atoms with van der Waals surface area (Å²) >= 11 is 1.87. The second-order valence-corrected chi connectivity index (χ2v) is 7.71. The van der Waals surface area contributed by atoms with Crippen molar-refractivity contribution in [3.63, 3.8) is 0 Å². The first-order chi connectivity index (χ1) is 10.1. The fourth-order valence-corrected chi connectivity index (χ4v) is 5.13. The SMILES string of the molecule is CSC1CCCC(NC(=O)[C@H]2C3C=CC(C3)[C@H]2C(=O)O)C1. The summed E-state index contributed by atoms with van der Waals surface area (Å²) in [6, 6.07) is 0.223. The van der Waals surface area contributed by atoms with Gasteiger partial charge in [0.25, 0.3) is 0 Å². The summed E-state index contributed by atoms with van der Waals surface area (Å²) in [5.74, 6) is -1.58. The Balaban J connectivity index is 1.65. The molecule has 0 aliphatic heterocycles. The molecule has 0 heterocycles. The van der Waals surface area contributed by atoms with Crippen molar-refractivity contribution < 1.29 is 14.7 Å². The number of carboxylic acid groups (broad SMARTS) is 1. The Bertz CT molecular complexity index is 464. The Morgan fingerprint density at radius 3 is 2.52 bits per heavy atom. The molecular formula is C16H23NO3S. The van der Waals surface area contributed by atoms with Crippen molar-refractivity contribution in [1.82, 2.24) is 5.32 Å². The lowest BCUT2D eigenvalue weighted by atomic mass is 9.82. The van der Waals surface area contributed by atoms with E-state index in [1.54, 1.807) is 0 Å². The second-order valence-electron chi connectivity index (χ2n) is 6.57. The van der Waals surface area contributed by atoms with Gasteiger partial charge in [-0.05, 0) is 43.8 Å². The first-order valence-electron chi connectivity index (χ1n) is 7.84. The van der Waals surface area contributed by atoms with Crippen molar-refractivity contribution in [2.75, 3.05) is 6.26 Å². The first-order valence-corrected chi connectivity index (χ1v) is 9.13. The molecule has 0 saturated heterocycles. The number of carboxylic acids is 1. The van der Waals surface area contributed by atoms with Crippen molar-refractivity contribution >= 4 is 23.6 Å². The van der Waals surface area contributed by atoms with Crippen LogP contribution in [0.25, 0.3) is 0 Å². The molecule has 0 aromatic rings. The third-order valence-electron chi connectivity index (χ3n) is 5.35. The van der Waals surface area contributed by atoms with Crippen LogP contribution in [0.2, 0.25) is 0 Å². The smallest absolute Gasteiger partial charge is 0.307 e. The Labute approximate surface area is 129 Å². The Morgan fingerprint density at radius 2 is 1.86 bits per heavy atom. The minimum Gasteiger partial charge on any atom is -0.481 e. The standard InChI is InChI=1S/C16H23NO3S/c1-21-12-4-2-3-11(8-12)17-15(18)13-9-5-6-10(7-9)14(13)16(19)20/h5-6,9-14H,2-4,7-8H2,1H3,(H,17,18)(H,19,20)/t9?,10?,11?,12?,13-,14+/m0/s1. The molecule has 21 heavy (non-hydrogen) atoms. The third kappa shape index (κ3) is 2.85. The zero-order valence-electron chi connectivity index (χ0n) is 12.3. The number of carbonyl (C=O) groups is 2. The number of aliphatic carboxylic acids is 1. The van der Waals surface area contributed by atoms with E-state index >= 15 is 0 Å². The van der Waals surface area contributed by atoms with Crippen LogP contribution < -0.4 is 5.32 Å². The maximum absolute atomic E-state index is 12.6. The van der Waals surface area contributed by atoms with E-state index in [0.29, 0.717) is 5.25 Å². The van der Waals surface area contributed by atoms with Gasteiger partial charge in [0.1, 0.15) is 0 Å². The number of amides is 1. The van der Waals surface area contributed by atoms with Gasteiger partial charge in [0.05, 0.1) is 11.8 Å². The number of allylic oxidation sites excluding steroid dienone is 2. The minimum atomic E-state index is -0.822. The lowest BCUT2D eigenvalue weighted by molar-refractivity contribution is -0.148. The molecule has 0 aromatic carbocycles. The summed E-state index contributed by atoms with van der Waals surface area (Å²) in [6.45, 7) is 0. The predicted molar refractivity (Wildman–Crippen MR) is 83.1 cm³/mol. The van der Waals surface area contributed by atoms with E-state index in [0.717, 1.165) is 25.7 Å². The second kappa shape index (κ2) is 6.03. The highest BCUT2D eigenvalue weighted by atomic mass is 32.2. The topological polar surface area (TPSA) is 66.4 Å². The van der Waals surface area contributed by atoms with Crippen molar-refractivity contribution in [1.29, 1.82) is 0 Å². The van der Waals surface area contributed by atoms with Crippen LogP contribution in [0.15, 0.2) is 12.2 Å². The van der Waals surface area contributed by atoms with Crippen LogP contribution >= 0.6 is 11.8 Å². The van der Waals surface area contributed by atoms with Crippen LogP contribution in [0.3, 0.4) is 0 Å². The lowest BCUT2D eigenvalue weighted by Crippen LogP contribution is -2.46. The zero-order valence-corrected chi connectivity index (χ0v) is 13.1. The van der Waals surface area contributed by atoms with Crippen molar-refractivity contribution in [2.45, 2.75) is 43.4 Å². The van der Waals surface area contributed by atoms with Gasteiger partial charge in [0.15, 0.2) is 0 Å². The van der Waals surface area contributed by atoms with E-state index in [9.17, 15) is 14.7 Å². The Hall–Kier alpha value is -0.970.